The van der Waals surface area contributed by atoms with Crippen LogP contribution in [-0.4, -0.2) is 54.0 Å². The number of amides is 3. The van der Waals surface area contributed by atoms with E-state index in [1.807, 2.05) is 135 Å². The number of nitrogens with one attached hydrogen (secondary N) is 3. The van der Waals surface area contributed by atoms with E-state index in [2.05, 4.69) is 16.0 Å². The van der Waals surface area contributed by atoms with Gasteiger partial charge in [0, 0.05) is 37.1 Å². The molecule has 4 aromatic carbocycles. The van der Waals surface area contributed by atoms with E-state index < -0.39 is 41.6 Å². The van der Waals surface area contributed by atoms with E-state index in [4.69, 9.17) is 5.73 Å². The minimum atomic E-state index is -0.982. The quantitative estimate of drug-likeness (QED) is 0.100. The molecule has 272 valence electrons. The van der Waals surface area contributed by atoms with Gasteiger partial charge in [-0.1, -0.05) is 135 Å². The number of carbonyl (C=O) groups excluding carboxylic acids is 5. The van der Waals surface area contributed by atoms with E-state index in [0.29, 0.717) is 6.42 Å². The third kappa shape index (κ3) is 13.4. The van der Waals surface area contributed by atoms with Gasteiger partial charge in [-0.3, -0.25) is 24.0 Å². The van der Waals surface area contributed by atoms with E-state index >= 15 is 0 Å². The molecule has 0 unspecified atom stereocenters. The van der Waals surface area contributed by atoms with Gasteiger partial charge >= 0.3 is 0 Å². The summed E-state index contributed by atoms with van der Waals surface area (Å²) in [5.74, 6) is -3.57. The largest absolute Gasteiger partial charge is 0.368 e. The van der Waals surface area contributed by atoms with Crippen LogP contribution in [0.1, 0.15) is 48.9 Å². The number of rotatable bonds is 21. The zero-order chi connectivity index (χ0) is 37.3. The maximum Gasteiger partial charge on any atom is 0.240 e. The highest BCUT2D eigenvalue weighted by Crippen LogP contribution is 2.19. The van der Waals surface area contributed by atoms with Gasteiger partial charge < -0.3 is 21.7 Å². The van der Waals surface area contributed by atoms with Crippen molar-refractivity contribution in [1.29, 1.82) is 0 Å². The van der Waals surface area contributed by atoms with Crippen LogP contribution >= 0.6 is 0 Å². The fourth-order valence-electron chi connectivity index (χ4n) is 6.11. The van der Waals surface area contributed by atoms with Gasteiger partial charge in [0.05, 0.1) is 12.6 Å². The van der Waals surface area contributed by atoms with Crippen molar-refractivity contribution in [2.75, 3.05) is 6.54 Å². The maximum absolute atomic E-state index is 14.3. The molecular formula is C43H50N4O5. The molecule has 0 spiro atoms. The van der Waals surface area contributed by atoms with Crippen LogP contribution in [-0.2, 0) is 49.7 Å². The first kappa shape index (κ1) is 39.4. The van der Waals surface area contributed by atoms with Crippen molar-refractivity contribution in [3.63, 3.8) is 0 Å². The second-order valence-corrected chi connectivity index (χ2v) is 13.6. The van der Waals surface area contributed by atoms with Crippen LogP contribution in [0.4, 0.5) is 0 Å². The van der Waals surface area contributed by atoms with Crippen molar-refractivity contribution in [2.24, 2.45) is 17.6 Å². The molecule has 4 aromatic rings. The molecule has 0 bridgehead atoms. The molecule has 0 aliphatic carbocycles. The number of carbonyl (C=O) groups is 5. The Morgan fingerprint density at radius 1 is 0.519 bits per heavy atom. The van der Waals surface area contributed by atoms with Crippen LogP contribution in [0.25, 0.3) is 0 Å². The fraction of sp³-hybridized carbons (Fsp3) is 0.326. The fourth-order valence-corrected chi connectivity index (χ4v) is 6.11. The summed E-state index contributed by atoms with van der Waals surface area (Å²) in [6.07, 6.45) is 0.757. The Bertz CT molecular complexity index is 1730. The number of Topliss-reactive ketones (excluding diaryl/α,β-unsaturated/α-hetero) is 2. The van der Waals surface area contributed by atoms with Crippen molar-refractivity contribution < 1.29 is 24.0 Å². The van der Waals surface area contributed by atoms with Gasteiger partial charge in [0.25, 0.3) is 0 Å². The molecule has 9 nitrogen and oxygen atoms in total. The third-order valence-corrected chi connectivity index (χ3v) is 8.95. The number of primary amides is 1. The zero-order valence-electron chi connectivity index (χ0n) is 30.0. The molecule has 0 aromatic heterocycles. The van der Waals surface area contributed by atoms with Gasteiger partial charge in [0.15, 0.2) is 5.78 Å². The molecular weight excluding hydrogens is 652 g/mol. The summed E-state index contributed by atoms with van der Waals surface area (Å²) in [7, 11) is 0. The molecule has 52 heavy (non-hydrogen) atoms. The average Bonchev–Trinajstić information content (AvgIpc) is 3.14. The molecule has 3 amide bonds. The van der Waals surface area contributed by atoms with Crippen LogP contribution in [0.2, 0.25) is 0 Å². The first-order valence-corrected chi connectivity index (χ1v) is 17.9. The minimum absolute atomic E-state index is 0.00164. The van der Waals surface area contributed by atoms with E-state index in [1.54, 1.807) is 0 Å². The van der Waals surface area contributed by atoms with Crippen molar-refractivity contribution in [2.45, 2.75) is 70.5 Å². The van der Waals surface area contributed by atoms with Crippen molar-refractivity contribution >= 4 is 29.3 Å². The lowest BCUT2D eigenvalue weighted by Crippen LogP contribution is -2.50. The predicted molar refractivity (Wildman–Crippen MR) is 203 cm³/mol. The Morgan fingerprint density at radius 3 is 1.29 bits per heavy atom. The highest BCUT2D eigenvalue weighted by atomic mass is 16.2. The predicted octanol–water partition coefficient (Wildman–Crippen LogP) is 4.56. The maximum atomic E-state index is 14.3. The molecule has 0 radical (unpaired) electrons. The second kappa shape index (κ2) is 20.4. The van der Waals surface area contributed by atoms with Crippen molar-refractivity contribution in [1.82, 2.24) is 16.0 Å². The Morgan fingerprint density at radius 2 is 0.885 bits per heavy atom. The number of benzene rings is 4. The highest BCUT2D eigenvalue weighted by Gasteiger charge is 2.32. The van der Waals surface area contributed by atoms with Gasteiger partial charge in [0.1, 0.15) is 11.8 Å². The van der Waals surface area contributed by atoms with Gasteiger partial charge in [-0.15, -0.1) is 0 Å². The Balaban J connectivity index is 1.59. The lowest BCUT2D eigenvalue weighted by atomic mass is 9.88. The summed E-state index contributed by atoms with van der Waals surface area (Å²) < 4.78 is 0. The van der Waals surface area contributed by atoms with Gasteiger partial charge in [-0.05, 0) is 41.5 Å². The summed E-state index contributed by atoms with van der Waals surface area (Å²) in [6.45, 7) is 4.03. The van der Waals surface area contributed by atoms with E-state index in [9.17, 15) is 24.0 Å². The smallest absolute Gasteiger partial charge is 0.240 e. The van der Waals surface area contributed by atoms with Gasteiger partial charge in [-0.25, -0.2) is 0 Å². The first-order valence-electron chi connectivity index (χ1n) is 17.9. The lowest BCUT2D eigenvalue weighted by Gasteiger charge is -2.25. The van der Waals surface area contributed by atoms with Crippen molar-refractivity contribution in [3.05, 3.63) is 144 Å². The average molecular weight is 703 g/mol. The third-order valence-electron chi connectivity index (χ3n) is 8.95. The highest BCUT2D eigenvalue weighted by molar-refractivity contribution is 5.95. The SMILES string of the molecule is CC(C)NCC(=O)C[C@H](Cc1ccccc1)C(=O)N[C@H](Cc1ccccc1)C(=O)C[C@H](Cc1ccccc1)C(=O)N[C@H](Cc1ccccc1)C(N)=O. The van der Waals surface area contributed by atoms with Gasteiger partial charge in [-0.2, -0.15) is 0 Å². The topological polar surface area (TPSA) is 147 Å². The number of ketones is 2. The summed E-state index contributed by atoms with van der Waals surface area (Å²) in [4.78, 5) is 67.8. The second-order valence-electron chi connectivity index (χ2n) is 13.6. The number of nitrogens with two attached hydrogens (primary N) is 1. The van der Waals surface area contributed by atoms with E-state index in [0.717, 1.165) is 22.3 Å². The Hall–Kier alpha value is -5.41. The summed E-state index contributed by atoms with van der Waals surface area (Å²) in [5.41, 5.74) is 9.14. The standard InChI is InChI=1S/C43H50N4O5/c1-30(2)45-29-37(48)27-35(23-31-15-7-3-8-16-31)42(51)46-38(25-33-19-11-5-12-20-33)40(49)28-36(24-32-17-9-4-10-18-32)43(52)47-39(41(44)50)26-34-21-13-6-14-22-34/h3-22,30,35-36,38-39,45H,23-29H2,1-2H3,(H2,44,50)(H,46,51)(H,47,52)/t35-,36-,38+,39+/m0/s1. The molecule has 4 atom stereocenters. The van der Waals surface area contributed by atoms with Gasteiger partial charge in [0.2, 0.25) is 17.7 Å². The summed E-state index contributed by atoms with van der Waals surface area (Å²) >= 11 is 0. The molecule has 0 aliphatic heterocycles. The molecule has 0 aliphatic rings. The van der Waals surface area contributed by atoms with Crippen LogP contribution in [0, 0.1) is 11.8 Å². The minimum Gasteiger partial charge on any atom is -0.368 e. The summed E-state index contributed by atoms with van der Waals surface area (Å²) in [5, 5.41) is 8.93. The van der Waals surface area contributed by atoms with Crippen LogP contribution in [0.15, 0.2) is 121 Å². The number of hydrogen-bond acceptors (Lipinski definition) is 6. The molecule has 0 saturated heterocycles. The van der Waals surface area contributed by atoms with Crippen LogP contribution in [0.3, 0.4) is 0 Å². The molecule has 5 N–H and O–H groups in total. The Labute approximate surface area is 306 Å². The molecule has 4 rings (SSSR count). The van der Waals surface area contributed by atoms with E-state index in [1.165, 1.54) is 0 Å². The van der Waals surface area contributed by atoms with E-state index in [-0.39, 0.29) is 56.3 Å². The summed E-state index contributed by atoms with van der Waals surface area (Å²) in [6, 6.07) is 35.6. The monoisotopic (exact) mass is 702 g/mol. The molecule has 0 saturated carbocycles. The molecule has 0 fully saturated rings. The Kier molecular flexibility index (Phi) is 15.5. The first-order chi connectivity index (χ1) is 25.1. The number of hydrogen-bond donors (Lipinski definition) is 4. The van der Waals surface area contributed by atoms with Crippen molar-refractivity contribution in [3.8, 4) is 0 Å². The molecule has 9 heteroatoms. The zero-order valence-corrected chi connectivity index (χ0v) is 30.0. The normalized spacial score (nSPS) is 13.4. The molecule has 0 heterocycles. The van der Waals surface area contributed by atoms with Crippen LogP contribution in [0.5, 0.6) is 0 Å². The lowest BCUT2D eigenvalue weighted by molar-refractivity contribution is -0.134. The van der Waals surface area contributed by atoms with Crippen LogP contribution < -0.4 is 21.7 Å².